The quantitative estimate of drug-likeness (QED) is 0.872. The van der Waals surface area contributed by atoms with Crippen molar-refractivity contribution in [1.29, 1.82) is 0 Å². The van der Waals surface area contributed by atoms with Crippen molar-refractivity contribution in [3.63, 3.8) is 0 Å². The summed E-state index contributed by atoms with van der Waals surface area (Å²) >= 11 is 0. The summed E-state index contributed by atoms with van der Waals surface area (Å²) in [6, 6.07) is 0. The highest BCUT2D eigenvalue weighted by molar-refractivity contribution is 5.24. The van der Waals surface area contributed by atoms with Gasteiger partial charge in [0.25, 0.3) is 0 Å². The molecule has 1 heterocycles. The molecule has 0 aromatic carbocycles. The van der Waals surface area contributed by atoms with Gasteiger partial charge in [-0.3, -0.25) is 4.68 Å². The van der Waals surface area contributed by atoms with E-state index in [1.54, 1.807) is 0 Å². The number of aryl methyl sites for hydroxylation is 1. The molecule has 17 heavy (non-hydrogen) atoms. The second-order valence-corrected chi connectivity index (χ2v) is 6.33. The SMILES string of the molecule is Cc1nn(CC(C)C)c(C)c1CNC(C)(C)C. The fraction of sp³-hybridized carbons (Fsp3) is 0.786. The molecule has 0 radical (unpaired) electrons. The van der Waals surface area contributed by atoms with Crippen molar-refractivity contribution < 1.29 is 0 Å². The maximum atomic E-state index is 4.63. The maximum Gasteiger partial charge on any atom is 0.0641 e. The molecule has 0 amide bonds. The van der Waals surface area contributed by atoms with E-state index in [0.29, 0.717) is 5.92 Å². The van der Waals surface area contributed by atoms with E-state index in [9.17, 15) is 0 Å². The minimum atomic E-state index is 0.152. The van der Waals surface area contributed by atoms with Crippen molar-refractivity contribution in [3.05, 3.63) is 17.0 Å². The van der Waals surface area contributed by atoms with E-state index in [1.807, 2.05) is 0 Å². The molecule has 1 aromatic heterocycles. The normalized spacial score (nSPS) is 12.5. The first-order valence-electron chi connectivity index (χ1n) is 6.48. The van der Waals surface area contributed by atoms with Crippen LogP contribution in [-0.4, -0.2) is 15.3 Å². The fourth-order valence-electron chi connectivity index (χ4n) is 1.87. The van der Waals surface area contributed by atoms with Gasteiger partial charge in [-0.15, -0.1) is 0 Å². The first-order chi connectivity index (χ1) is 7.70. The minimum Gasteiger partial charge on any atom is -0.308 e. The van der Waals surface area contributed by atoms with Crippen LogP contribution in [0, 0.1) is 19.8 Å². The highest BCUT2D eigenvalue weighted by Crippen LogP contribution is 2.15. The summed E-state index contributed by atoms with van der Waals surface area (Å²) in [5.41, 5.74) is 3.95. The summed E-state index contributed by atoms with van der Waals surface area (Å²) < 4.78 is 2.14. The molecule has 0 atom stereocenters. The van der Waals surface area contributed by atoms with Gasteiger partial charge in [-0.25, -0.2) is 0 Å². The summed E-state index contributed by atoms with van der Waals surface area (Å²) in [6.45, 7) is 17.2. The number of hydrogen-bond acceptors (Lipinski definition) is 2. The van der Waals surface area contributed by atoms with E-state index in [1.165, 1.54) is 11.3 Å². The van der Waals surface area contributed by atoms with Crippen molar-refractivity contribution in [1.82, 2.24) is 15.1 Å². The summed E-state index contributed by atoms with van der Waals surface area (Å²) in [5, 5.41) is 8.16. The standard InChI is InChI=1S/C14H27N3/c1-10(2)9-17-12(4)13(11(3)16-17)8-15-14(5,6)7/h10,15H,8-9H2,1-7H3. The Hall–Kier alpha value is -0.830. The lowest BCUT2D eigenvalue weighted by Gasteiger charge is -2.20. The van der Waals surface area contributed by atoms with Gasteiger partial charge in [0.05, 0.1) is 5.69 Å². The molecule has 1 rings (SSSR count). The van der Waals surface area contributed by atoms with Gasteiger partial charge in [-0.2, -0.15) is 5.10 Å². The molecule has 98 valence electrons. The van der Waals surface area contributed by atoms with E-state index in [-0.39, 0.29) is 5.54 Å². The Morgan fingerprint density at radius 1 is 1.24 bits per heavy atom. The minimum absolute atomic E-state index is 0.152. The van der Waals surface area contributed by atoms with Crippen LogP contribution in [0.3, 0.4) is 0 Å². The van der Waals surface area contributed by atoms with Gasteiger partial charge in [0, 0.05) is 29.9 Å². The molecule has 1 N–H and O–H groups in total. The number of rotatable bonds is 4. The molecular weight excluding hydrogens is 210 g/mol. The Morgan fingerprint density at radius 2 is 1.82 bits per heavy atom. The van der Waals surface area contributed by atoms with E-state index >= 15 is 0 Å². The number of nitrogens with one attached hydrogen (secondary N) is 1. The van der Waals surface area contributed by atoms with Crippen LogP contribution >= 0.6 is 0 Å². The molecule has 0 bridgehead atoms. The Morgan fingerprint density at radius 3 is 2.29 bits per heavy atom. The lowest BCUT2D eigenvalue weighted by atomic mass is 10.1. The monoisotopic (exact) mass is 237 g/mol. The molecule has 0 saturated carbocycles. The van der Waals surface area contributed by atoms with Crippen LogP contribution in [0.5, 0.6) is 0 Å². The third kappa shape index (κ3) is 4.15. The van der Waals surface area contributed by atoms with Gasteiger partial charge >= 0.3 is 0 Å². The molecule has 0 fully saturated rings. The Kier molecular flexibility index (Phi) is 4.36. The largest absolute Gasteiger partial charge is 0.308 e. The first kappa shape index (κ1) is 14.2. The molecule has 0 aliphatic rings. The predicted molar refractivity (Wildman–Crippen MR) is 73.1 cm³/mol. The number of hydrogen-bond donors (Lipinski definition) is 1. The first-order valence-corrected chi connectivity index (χ1v) is 6.48. The highest BCUT2D eigenvalue weighted by atomic mass is 15.3. The van der Waals surface area contributed by atoms with Crippen molar-refractivity contribution in [2.45, 2.75) is 67.1 Å². The molecule has 0 saturated heterocycles. The molecule has 0 unspecified atom stereocenters. The summed E-state index contributed by atoms with van der Waals surface area (Å²) in [6.07, 6.45) is 0. The molecule has 0 aliphatic heterocycles. The van der Waals surface area contributed by atoms with Crippen LogP contribution in [0.25, 0.3) is 0 Å². The predicted octanol–water partition coefficient (Wildman–Crippen LogP) is 3.04. The molecule has 1 aromatic rings. The molecule has 3 nitrogen and oxygen atoms in total. The van der Waals surface area contributed by atoms with E-state index < -0.39 is 0 Å². The van der Waals surface area contributed by atoms with Crippen LogP contribution in [0.4, 0.5) is 0 Å². The lowest BCUT2D eigenvalue weighted by Crippen LogP contribution is -2.35. The smallest absolute Gasteiger partial charge is 0.0641 e. The fourth-order valence-corrected chi connectivity index (χ4v) is 1.87. The average molecular weight is 237 g/mol. The van der Waals surface area contributed by atoms with Gasteiger partial charge in [0.2, 0.25) is 0 Å². The van der Waals surface area contributed by atoms with Crippen LogP contribution in [0.1, 0.15) is 51.6 Å². The zero-order valence-electron chi connectivity index (χ0n) is 12.4. The van der Waals surface area contributed by atoms with Crippen LogP contribution in [0.15, 0.2) is 0 Å². The molecule has 3 heteroatoms. The number of aromatic nitrogens is 2. The van der Waals surface area contributed by atoms with Crippen LogP contribution in [0.2, 0.25) is 0 Å². The van der Waals surface area contributed by atoms with Crippen molar-refractivity contribution >= 4 is 0 Å². The van der Waals surface area contributed by atoms with E-state index in [2.05, 4.69) is 63.6 Å². The van der Waals surface area contributed by atoms with Crippen LogP contribution in [-0.2, 0) is 13.1 Å². The second kappa shape index (κ2) is 5.21. The van der Waals surface area contributed by atoms with Crippen molar-refractivity contribution in [2.75, 3.05) is 0 Å². The number of nitrogens with zero attached hydrogens (tertiary/aromatic N) is 2. The van der Waals surface area contributed by atoms with Gasteiger partial charge < -0.3 is 5.32 Å². The highest BCUT2D eigenvalue weighted by Gasteiger charge is 2.15. The van der Waals surface area contributed by atoms with E-state index in [0.717, 1.165) is 18.8 Å². The molecular formula is C14H27N3. The molecule has 0 spiro atoms. The zero-order chi connectivity index (χ0) is 13.2. The van der Waals surface area contributed by atoms with Gasteiger partial charge in [0.15, 0.2) is 0 Å². The molecule has 0 aliphatic carbocycles. The lowest BCUT2D eigenvalue weighted by molar-refractivity contribution is 0.422. The Labute approximate surface area is 106 Å². The average Bonchev–Trinajstić information content (AvgIpc) is 2.37. The second-order valence-electron chi connectivity index (χ2n) is 6.33. The van der Waals surface area contributed by atoms with Gasteiger partial charge in [-0.05, 0) is 40.5 Å². The Bertz CT molecular complexity index is 370. The summed E-state index contributed by atoms with van der Waals surface area (Å²) in [7, 11) is 0. The van der Waals surface area contributed by atoms with Gasteiger partial charge in [-0.1, -0.05) is 13.8 Å². The topological polar surface area (TPSA) is 29.9 Å². The Balaban J connectivity index is 2.82. The third-order valence-electron chi connectivity index (χ3n) is 2.86. The summed E-state index contributed by atoms with van der Waals surface area (Å²) in [5.74, 6) is 0.636. The third-order valence-corrected chi connectivity index (χ3v) is 2.86. The van der Waals surface area contributed by atoms with Crippen molar-refractivity contribution in [3.8, 4) is 0 Å². The van der Waals surface area contributed by atoms with Crippen molar-refractivity contribution in [2.24, 2.45) is 5.92 Å². The maximum absolute atomic E-state index is 4.63. The zero-order valence-corrected chi connectivity index (χ0v) is 12.4. The van der Waals surface area contributed by atoms with Gasteiger partial charge in [0.1, 0.15) is 0 Å². The summed E-state index contributed by atoms with van der Waals surface area (Å²) in [4.78, 5) is 0. The van der Waals surface area contributed by atoms with Crippen LogP contribution < -0.4 is 5.32 Å². The van der Waals surface area contributed by atoms with E-state index in [4.69, 9.17) is 0 Å².